The summed E-state index contributed by atoms with van der Waals surface area (Å²) in [6.45, 7) is 2.69. The van der Waals surface area contributed by atoms with Crippen LogP contribution in [0, 0.1) is 0 Å². The van der Waals surface area contributed by atoms with E-state index in [-0.39, 0.29) is 11.9 Å². The van der Waals surface area contributed by atoms with Crippen molar-refractivity contribution in [3.63, 3.8) is 0 Å². The van der Waals surface area contributed by atoms with Gasteiger partial charge in [0.25, 0.3) is 5.91 Å². The summed E-state index contributed by atoms with van der Waals surface area (Å²) in [5.74, 6) is -0.0549. The maximum Gasteiger partial charge on any atom is 0.251 e. The van der Waals surface area contributed by atoms with Crippen LogP contribution in [0.25, 0.3) is 10.9 Å². The van der Waals surface area contributed by atoms with Crippen molar-refractivity contribution in [1.29, 1.82) is 0 Å². The smallest absolute Gasteiger partial charge is 0.251 e. The Labute approximate surface area is 116 Å². The summed E-state index contributed by atoms with van der Waals surface area (Å²) < 4.78 is 1.94. The number of hydrogen-bond acceptors (Lipinski definition) is 2. The first kappa shape index (κ1) is 12.5. The number of amides is 1. The van der Waals surface area contributed by atoms with Crippen molar-refractivity contribution in [3.8, 4) is 0 Å². The highest BCUT2D eigenvalue weighted by atomic mass is 16.1. The number of aromatic amines is 1. The number of benzene rings is 1. The molecule has 1 amide bonds. The van der Waals surface area contributed by atoms with Gasteiger partial charge in [0.1, 0.15) is 0 Å². The molecule has 0 fully saturated rings. The first-order chi connectivity index (χ1) is 9.72. The largest absolute Gasteiger partial charge is 0.361 e. The predicted molar refractivity (Wildman–Crippen MR) is 77.5 cm³/mol. The monoisotopic (exact) mass is 268 g/mol. The number of aromatic nitrogens is 3. The lowest BCUT2D eigenvalue weighted by atomic mass is 10.1. The third-order valence-corrected chi connectivity index (χ3v) is 3.24. The van der Waals surface area contributed by atoms with Gasteiger partial charge in [-0.1, -0.05) is 0 Å². The fraction of sp³-hybridized carbons (Fsp3) is 0.200. The lowest BCUT2D eigenvalue weighted by Crippen LogP contribution is -2.35. The van der Waals surface area contributed by atoms with Crippen molar-refractivity contribution in [2.75, 3.05) is 0 Å². The minimum Gasteiger partial charge on any atom is -0.361 e. The van der Waals surface area contributed by atoms with Crippen LogP contribution in [0.5, 0.6) is 0 Å². The molecule has 0 aliphatic carbocycles. The maximum absolute atomic E-state index is 12.2. The Morgan fingerprint density at radius 1 is 1.45 bits per heavy atom. The van der Waals surface area contributed by atoms with E-state index in [1.807, 2.05) is 48.1 Å². The number of hydrogen-bond donors (Lipinski definition) is 2. The summed E-state index contributed by atoms with van der Waals surface area (Å²) in [7, 11) is 0. The molecule has 5 heteroatoms. The number of nitrogens with one attached hydrogen (secondary N) is 2. The fourth-order valence-electron chi connectivity index (χ4n) is 2.26. The van der Waals surface area contributed by atoms with Crippen molar-refractivity contribution in [2.45, 2.75) is 19.5 Å². The first-order valence-corrected chi connectivity index (χ1v) is 6.56. The molecule has 0 aliphatic heterocycles. The van der Waals surface area contributed by atoms with Crippen LogP contribution in [0.1, 0.15) is 17.3 Å². The number of carbonyl (C=O) groups excluding carboxylic acids is 1. The minimum absolute atomic E-state index is 0.0404. The number of nitrogens with zero attached hydrogens (tertiary/aromatic N) is 2. The number of imidazole rings is 1. The van der Waals surface area contributed by atoms with Gasteiger partial charge in [-0.25, -0.2) is 4.98 Å². The van der Waals surface area contributed by atoms with Crippen LogP contribution < -0.4 is 5.32 Å². The molecule has 0 saturated carbocycles. The van der Waals surface area contributed by atoms with Crippen molar-refractivity contribution in [3.05, 3.63) is 54.7 Å². The predicted octanol–water partition coefficient (Wildman–Crippen LogP) is 2.18. The van der Waals surface area contributed by atoms with E-state index in [0.717, 1.165) is 10.9 Å². The van der Waals surface area contributed by atoms with Gasteiger partial charge in [-0.15, -0.1) is 0 Å². The van der Waals surface area contributed by atoms with Gasteiger partial charge in [-0.05, 0) is 31.2 Å². The highest BCUT2D eigenvalue weighted by molar-refractivity contribution is 5.98. The number of fused-ring (bicyclic) bond motifs is 1. The maximum atomic E-state index is 12.2. The molecule has 1 aromatic carbocycles. The molecule has 0 bridgehead atoms. The van der Waals surface area contributed by atoms with Gasteiger partial charge >= 0.3 is 0 Å². The van der Waals surface area contributed by atoms with E-state index >= 15 is 0 Å². The van der Waals surface area contributed by atoms with Crippen molar-refractivity contribution in [2.24, 2.45) is 0 Å². The third kappa shape index (κ3) is 2.56. The molecule has 0 spiro atoms. The van der Waals surface area contributed by atoms with Gasteiger partial charge in [0.05, 0.1) is 6.33 Å². The van der Waals surface area contributed by atoms with Gasteiger partial charge in [0, 0.05) is 47.6 Å². The van der Waals surface area contributed by atoms with E-state index in [0.29, 0.717) is 12.1 Å². The average molecular weight is 268 g/mol. The summed E-state index contributed by atoms with van der Waals surface area (Å²) in [5, 5.41) is 4.04. The Balaban J connectivity index is 1.68. The topological polar surface area (TPSA) is 62.7 Å². The Bertz CT molecular complexity index is 714. The average Bonchev–Trinajstić information content (AvgIpc) is 3.07. The van der Waals surface area contributed by atoms with E-state index in [9.17, 15) is 4.79 Å². The van der Waals surface area contributed by atoms with Crippen LogP contribution >= 0.6 is 0 Å². The van der Waals surface area contributed by atoms with Crippen LogP contribution in [-0.2, 0) is 6.54 Å². The minimum atomic E-state index is -0.0549. The third-order valence-electron chi connectivity index (χ3n) is 3.24. The molecule has 3 rings (SSSR count). The Morgan fingerprint density at radius 2 is 2.35 bits per heavy atom. The van der Waals surface area contributed by atoms with Crippen molar-refractivity contribution < 1.29 is 4.79 Å². The SMILES string of the molecule is CC(Cn1ccnc1)NC(=O)c1ccc2[nH]ccc2c1. The van der Waals surface area contributed by atoms with Crippen LogP contribution in [0.15, 0.2) is 49.2 Å². The van der Waals surface area contributed by atoms with E-state index < -0.39 is 0 Å². The fourth-order valence-corrected chi connectivity index (χ4v) is 2.26. The van der Waals surface area contributed by atoms with E-state index in [2.05, 4.69) is 15.3 Å². The summed E-state index contributed by atoms with van der Waals surface area (Å²) in [5.41, 5.74) is 1.71. The number of rotatable bonds is 4. The van der Waals surface area contributed by atoms with E-state index in [4.69, 9.17) is 0 Å². The molecule has 102 valence electrons. The van der Waals surface area contributed by atoms with Crippen LogP contribution in [0.4, 0.5) is 0 Å². The second kappa shape index (κ2) is 5.21. The van der Waals surface area contributed by atoms with E-state index in [1.165, 1.54) is 0 Å². The molecule has 0 aliphatic rings. The highest BCUT2D eigenvalue weighted by Crippen LogP contribution is 2.14. The zero-order valence-corrected chi connectivity index (χ0v) is 11.2. The molecule has 20 heavy (non-hydrogen) atoms. The zero-order chi connectivity index (χ0) is 13.9. The lowest BCUT2D eigenvalue weighted by Gasteiger charge is -2.14. The zero-order valence-electron chi connectivity index (χ0n) is 11.2. The summed E-state index contributed by atoms with van der Waals surface area (Å²) in [4.78, 5) is 19.3. The molecule has 2 N–H and O–H groups in total. The lowest BCUT2D eigenvalue weighted by molar-refractivity contribution is 0.0937. The summed E-state index contributed by atoms with van der Waals surface area (Å²) >= 11 is 0. The second-order valence-corrected chi connectivity index (χ2v) is 4.91. The molecular formula is C15H16N4O. The second-order valence-electron chi connectivity index (χ2n) is 4.91. The quantitative estimate of drug-likeness (QED) is 0.762. The van der Waals surface area contributed by atoms with Gasteiger partial charge in [-0.3, -0.25) is 4.79 Å². The highest BCUT2D eigenvalue weighted by Gasteiger charge is 2.10. The van der Waals surface area contributed by atoms with Gasteiger partial charge in [0.2, 0.25) is 0 Å². The molecule has 5 nitrogen and oxygen atoms in total. The van der Waals surface area contributed by atoms with Gasteiger partial charge in [0.15, 0.2) is 0 Å². The molecule has 0 radical (unpaired) electrons. The molecule has 1 unspecified atom stereocenters. The molecule has 2 aromatic heterocycles. The standard InChI is InChI=1S/C15H16N4O/c1-11(9-19-7-6-16-10-19)18-15(20)13-2-3-14-12(8-13)4-5-17-14/h2-8,10-11,17H,9H2,1H3,(H,18,20). The Hall–Kier alpha value is -2.56. The Morgan fingerprint density at radius 3 is 3.15 bits per heavy atom. The Kier molecular flexibility index (Phi) is 3.25. The van der Waals surface area contributed by atoms with Crippen molar-refractivity contribution in [1.82, 2.24) is 19.9 Å². The van der Waals surface area contributed by atoms with Crippen LogP contribution in [0.2, 0.25) is 0 Å². The first-order valence-electron chi connectivity index (χ1n) is 6.56. The van der Waals surface area contributed by atoms with Crippen LogP contribution in [-0.4, -0.2) is 26.5 Å². The number of H-pyrrole nitrogens is 1. The van der Waals surface area contributed by atoms with Gasteiger partial charge in [-0.2, -0.15) is 0 Å². The molecular weight excluding hydrogens is 252 g/mol. The van der Waals surface area contributed by atoms with Gasteiger partial charge < -0.3 is 14.9 Å². The number of carbonyl (C=O) groups is 1. The molecule has 1 atom stereocenters. The normalized spacial score (nSPS) is 12.4. The summed E-state index contributed by atoms with van der Waals surface area (Å²) in [6.07, 6.45) is 7.23. The molecule has 3 aromatic rings. The summed E-state index contributed by atoms with van der Waals surface area (Å²) in [6, 6.07) is 7.65. The molecule has 0 saturated heterocycles. The van der Waals surface area contributed by atoms with Crippen LogP contribution in [0.3, 0.4) is 0 Å². The van der Waals surface area contributed by atoms with Crippen molar-refractivity contribution >= 4 is 16.8 Å². The van der Waals surface area contributed by atoms with E-state index in [1.54, 1.807) is 12.5 Å². The molecule has 2 heterocycles.